The molecule has 0 aliphatic carbocycles. The third-order valence-electron chi connectivity index (χ3n) is 2.43. The molecule has 0 aromatic heterocycles. The van der Waals surface area contributed by atoms with Crippen molar-refractivity contribution >= 4 is 17.5 Å². The van der Waals surface area contributed by atoms with Crippen molar-refractivity contribution in [3.8, 4) is 0 Å². The van der Waals surface area contributed by atoms with E-state index in [0.29, 0.717) is 25.7 Å². The third kappa shape index (κ3) is 3.72. The van der Waals surface area contributed by atoms with Gasteiger partial charge in [-0.1, -0.05) is 23.7 Å². The second kappa shape index (κ2) is 5.07. The van der Waals surface area contributed by atoms with Crippen LogP contribution >= 0.6 is 11.6 Å². The van der Waals surface area contributed by atoms with E-state index in [1.807, 2.05) is 38.1 Å². The topological polar surface area (TPSA) is 30.8 Å². The molecule has 3 nitrogen and oxygen atoms in total. The number of hydrogen-bond acceptors (Lipinski definition) is 3. The van der Waals surface area contributed by atoms with Crippen molar-refractivity contribution < 1.29 is 9.47 Å². The van der Waals surface area contributed by atoms with Gasteiger partial charge in [-0.2, -0.15) is 0 Å². The van der Waals surface area contributed by atoms with Gasteiger partial charge in [-0.3, -0.25) is 0 Å². The maximum absolute atomic E-state index is 5.80. The molecule has 0 N–H and O–H groups in total. The van der Waals surface area contributed by atoms with Crippen LogP contribution < -0.4 is 0 Å². The fraction of sp³-hybridized carbons (Fsp3) is 0.462. The van der Waals surface area contributed by atoms with E-state index in [2.05, 4.69) is 4.99 Å². The third-order valence-corrected chi connectivity index (χ3v) is 2.68. The second-order valence-corrected chi connectivity index (χ2v) is 5.16. The maximum Gasteiger partial charge on any atom is 0.210 e. The first-order valence-corrected chi connectivity index (χ1v) is 5.97. The molecule has 0 atom stereocenters. The van der Waals surface area contributed by atoms with E-state index in [1.165, 1.54) is 0 Å². The fourth-order valence-electron chi connectivity index (χ4n) is 1.57. The van der Waals surface area contributed by atoms with Gasteiger partial charge in [0.15, 0.2) is 0 Å². The molecule has 0 radical (unpaired) electrons. The van der Waals surface area contributed by atoms with E-state index in [0.717, 1.165) is 10.6 Å². The molecule has 0 amide bonds. The molecule has 0 fully saturated rings. The Morgan fingerprint density at radius 3 is 2.59 bits per heavy atom. The van der Waals surface area contributed by atoms with Gasteiger partial charge in [-0.05, 0) is 31.5 Å². The van der Waals surface area contributed by atoms with Gasteiger partial charge in [-0.25, -0.2) is 4.99 Å². The van der Waals surface area contributed by atoms with Crippen LogP contribution in [0.1, 0.15) is 19.4 Å². The molecule has 0 saturated carbocycles. The largest absolute Gasteiger partial charge is 0.477 e. The van der Waals surface area contributed by atoms with Crippen molar-refractivity contribution in [1.82, 2.24) is 0 Å². The van der Waals surface area contributed by atoms with Crippen molar-refractivity contribution in [2.75, 3.05) is 13.2 Å². The van der Waals surface area contributed by atoms with Crippen LogP contribution in [0.5, 0.6) is 0 Å². The normalized spacial score (nSPS) is 17.7. The molecular weight excluding hydrogens is 238 g/mol. The summed E-state index contributed by atoms with van der Waals surface area (Å²) in [5.74, 6) is 0.684. The first-order valence-electron chi connectivity index (χ1n) is 5.59. The lowest BCUT2D eigenvalue weighted by molar-refractivity contribution is 0.140. The maximum atomic E-state index is 5.80. The lowest BCUT2D eigenvalue weighted by atomic mass is 10.1. The fourth-order valence-corrected chi connectivity index (χ4v) is 1.70. The highest BCUT2D eigenvalue weighted by molar-refractivity contribution is 6.30. The molecule has 1 aliphatic heterocycles. The van der Waals surface area contributed by atoms with Crippen LogP contribution in [0.15, 0.2) is 29.3 Å². The number of halogens is 1. The van der Waals surface area contributed by atoms with Crippen molar-refractivity contribution in [3.63, 3.8) is 0 Å². The smallest absolute Gasteiger partial charge is 0.210 e. The van der Waals surface area contributed by atoms with E-state index in [9.17, 15) is 0 Å². The summed E-state index contributed by atoms with van der Waals surface area (Å²) in [6, 6.07) is 7.60. The van der Waals surface area contributed by atoms with Gasteiger partial charge >= 0.3 is 0 Å². The van der Waals surface area contributed by atoms with Crippen LogP contribution in [-0.2, 0) is 16.1 Å². The average Bonchev–Trinajstić information content (AvgIpc) is 2.61. The summed E-state index contributed by atoms with van der Waals surface area (Å²) in [4.78, 5) is 4.41. The minimum atomic E-state index is -0.112. The predicted molar refractivity (Wildman–Crippen MR) is 68.6 cm³/mol. The van der Waals surface area contributed by atoms with Crippen LogP contribution in [0, 0.1) is 0 Å². The predicted octanol–water partition coefficient (Wildman–Crippen LogP) is 3.06. The standard InChI is InChI=1S/C13H16ClNO2/c1-13(2)9-17-12(15-13)8-16-7-10-3-5-11(14)6-4-10/h3-6H,7-9H2,1-2H3. The number of hydrogen-bond donors (Lipinski definition) is 0. The summed E-state index contributed by atoms with van der Waals surface area (Å²) in [7, 11) is 0. The van der Waals surface area contributed by atoms with Crippen LogP contribution in [0.4, 0.5) is 0 Å². The van der Waals surface area contributed by atoms with E-state index in [4.69, 9.17) is 21.1 Å². The molecule has 0 spiro atoms. The first-order chi connectivity index (χ1) is 8.05. The van der Waals surface area contributed by atoms with Crippen molar-refractivity contribution in [1.29, 1.82) is 0 Å². The molecule has 2 rings (SSSR count). The molecular formula is C13H16ClNO2. The molecule has 17 heavy (non-hydrogen) atoms. The Bertz CT molecular complexity index is 412. The van der Waals surface area contributed by atoms with E-state index in [-0.39, 0.29) is 5.54 Å². The average molecular weight is 254 g/mol. The highest BCUT2D eigenvalue weighted by Crippen LogP contribution is 2.17. The van der Waals surface area contributed by atoms with Crippen LogP contribution in [0.2, 0.25) is 5.02 Å². The highest BCUT2D eigenvalue weighted by atomic mass is 35.5. The van der Waals surface area contributed by atoms with Crippen LogP contribution in [0.25, 0.3) is 0 Å². The van der Waals surface area contributed by atoms with Gasteiger partial charge in [0.1, 0.15) is 13.2 Å². The Balaban J connectivity index is 1.79. The zero-order valence-corrected chi connectivity index (χ0v) is 10.8. The molecule has 1 aromatic carbocycles. The molecule has 4 heteroatoms. The molecule has 92 valence electrons. The summed E-state index contributed by atoms with van der Waals surface area (Å²) in [6.45, 7) is 5.68. The van der Waals surface area contributed by atoms with E-state index in [1.54, 1.807) is 0 Å². The Kier molecular flexibility index (Phi) is 3.69. The number of ether oxygens (including phenoxy) is 2. The first kappa shape index (κ1) is 12.4. The Hall–Kier alpha value is -1.06. The van der Waals surface area contributed by atoms with Crippen molar-refractivity contribution in [3.05, 3.63) is 34.9 Å². The molecule has 1 aliphatic rings. The van der Waals surface area contributed by atoms with Gasteiger partial charge in [0, 0.05) is 5.02 Å². The lowest BCUT2D eigenvalue weighted by Gasteiger charge is -2.07. The zero-order valence-electron chi connectivity index (χ0n) is 10.1. The molecule has 0 saturated heterocycles. The molecule has 0 unspecified atom stereocenters. The van der Waals surface area contributed by atoms with Gasteiger partial charge in [0.05, 0.1) is 12.1 Å². The molecule has 1 heterocycles. The van der Waals surface area contributed by atoms with Gasteiger partial charge in [-0.15, -0.1) is 0 Å². The monoisotopic (exact) mass is 253 g/mol. The Labute approximate surface area is 106 Å². The number of aliphatic imine (C=N–C) groups is 1. The Morgan fingerprint density at radius 2 is 2.00 bits per heavy atom. The highest BCUT2D eigenvalue weighted by Gasteiger charge is 2.25. The minimum Gasteiger partial charge on any atom is -0.477 e. The van der Waals surface area contributed by atoms with Gasteiger partial charge in [0.2, 0.25) is 5.90 Å². The van der Waals surface area contributed by atoms with Gasteiger partial charge in [0.25, 0.3) is 0 Å². The van der Waals surface area contributed by atoms with E-state index >= 15 is 0 Å². The second-order valence-electron chi connectivity index (χ2n) is 4.73. The molecule has 1 aromatic rings. The number of nitrogens with zero attached hydrogens (tertiary/aromatic N) is 1. The SMILES string of the molecule is CC1(C)COC(COCc2ccc(Cl)cc2)=N1. The quantitative estimate of drug-likeness (QED) is 0.826. The van der Waals surface area contributed by atoms with Gasteiger partial charge < -0.3 is 9.47 Å². The van der Waals surface area contributed by atoms with Crippen molar-refractivity contribution in [2.45, 2.75) is 26.0 Å². The van der Waals surface area contributed by atoms with Crippen LogP contribution in [-0.4, -0.2) is 24.7 Å². The summed E-state index contributed by atoms with van der Waals surface area (Å²) in [5, 5.41) is 0.735. The molecule has 0 bridgehead atoms. The summed E-state index contributed by atoms with van der Waals surface area (Å²) in [6.07, 6.45) is 0. The lowest BCUT2D eigenvalue weighted by Crippen LogP contribution is -2.17. The van der Waals surface area contributed by atoms with Crippen molar-refractivity contribution in [2.24, 2.45) is 4.99 Å². The van der Waals surface area contributed by atoms with Crippen LogP contribution in [0.3, 0.4) is 0 Å². The summed E-state index contributed by atoms with van der Waals surface area (Å²) >= 11 is 5.80. The number of benzene rings is 1. The minimum absolute atomic E-state index is 0.112. The van der Waals surface area contributed by atoms with E-state index < -0.39 is 0 Å². The zero-order chi connectivity index (χ0) is 12.3. The number of rotatable bonds is 4. The Morgan fingerprint density at radius 1 is 1.29 bits per heavy atom. The summed E-state index contributed by atoms with van der Waals surface area (Å²) in [5.41, 5.74) is 0.978. The summed E-state index contributed by atoms with van der Waals surface area (Å²) < 4.78 is 11.0.